The molecule has 7 nitrogen and oxygen atoms in total. The number of piperazine rings is 1. The van der Waals surface area contributed by atoms with Crippen LogP contribution >= 0.6 is 0 Å². The lowest BCUT2D eigenvalue weighted by atomic mass is 10.0. The molecule has 3 aliphatic rings. The van der Waals surface area contributed by atoms with Crippen LogP contribution in [0.15, 0.2) is 35.6 Å². The van der Waals surface area contributed by atoms with Gasteiger partial charge in [0.15, 0.2) is 0 Å². The fraction of sp³-hybridized carbons (Fsp3) is 0.542. The Labute approximate surface area is 184 Å². The Morgan fingerprint density at radius 2 is 2.03 bits per heavy atom. The number of nitrogens with zero attached hydrogens (tertiary/aromatic N) is 5. The number of aromatic nitrogens is 2. The summed E-state index contributed by atoms with van der Waals surface area (Å²) >= 11 is 0. The molecule has 7 heteroatoms. The highest BCUT2D eigenvalue weighted by molar-refractivity contribution is 6.15. The Morgan fingerprint density at radius 3 is 2.81 bits per heavy atom. The van der Waals surface area contributed by atoms with E-state index in [1.165, 1.54) is 6.42 Å². The average Bonchev–Trinajstić information content (AvgIpc) is 3.43. The van der Waals surface area contributed by atoms with Crippen molar-refractivity contribution in [3.8, 4) is 5.88 Å². The molecule has 5 heterocycles. The smallest absolute Gasteiger partial charge is 0.214 e. The molecule has 2 fully saturated rings. The topological polar surface area (TPSA) is 63.1 Å². The van der Waals surface area contributed by atoms with E-state index in [1.807, 2.05) is 32.3 Å². The SMILES string of the molecule is CC(C)Oc1cc2c(cn1)CN=C2c1ccnc(N2CCN(CC3CCOC3)CC2)c1. The van der Waals surface area contributed by atoms with Gasteiger partial charge in [0.25, 0.3) is 0 Å². The minimum Gasteiger partial charge on any atom is -0.475 e. The Hall–Kier alpha value is -2.51. The number of anilines is 1. The normalized spacial score (nSPS) is 21.5. The highest BCUT2D eigenvalue weighted by Crippen LogP contribution is 2.27. The molecule has 31 heavy (non-hydrogen) atoms. The third kappa shape index (κ3) is 4.57. The lowest BCUT2D eigenvalue weighted by molar-refractivity contribution is 0.164. The Bertz CT molecular complexity index is 947. The van der Waals surface area contributed by atoms with Gasteiger partial charge in [-0.05, 0) is 38.3 Å². The predicted molar refractivity (Wildman–Crippen MR) is 121 cm³/mol. The minimum atomic E-state index is 0.0970. The molecule has 2 aromatic heterocycles. The van der Waals surface area contributed by atoms with Crippen molar-refractivity contribution >= 4 is 11.5 Å². The maximum Gasteiger partial charge on any atom is 0.214 e. The molecule has 2 saturated heterocycles. The number of ether oxygens (including phenoxy) is 2. The molecule has 0 radical (unpaired) electrons. The molecule has 0 aliphatic carbocycles. The van der Waals surface area contributed by atoms with Crippen molar-refractivity contribution in [2.24, 2.45) is 10.9 Å². The van der Waals surface area contributed by atoms with Crippen LogP contribution in [-0.2, 0) is 11.3 Å². The van der Waals surface area contributed by atoms with Crippen LogP contribution < -0.4 is 9.64 Å². The van der Waals surface area contributed by atoms with Gasteiger partial charge in [0, 0.05) is 74.5 Å². The van der Waals surface area contributed by atoms with E-state index in [1.54, 1.807) is 0 Å². The van der Waals surface area contributed by atoms with Crippen LogP contribution in [0.2, 0.25) is 0 Å². The van der Waals surface area contributed by atoms with Crippen molar-refractivity contribution in [2.75, 3.05) is 50.8 Å². The van der Waals surface area contributed by atoms with E-state index in [4.69, 9.17) is 14.5 Å². The number of rotatable bonds is 6. The maximum atomic E-state index is 5.80. The number of pyridine rings is 2. The predicted octanol–water partition coefficient (Wildman–Crippen LogP) is 2.77. The average molecular weight is 422 g/mol. The summed E-state index contributed by atoms with van der Waals surface area (Å²) in [6.07, 6.45) is 5.09. The summed E-state index contributed by atoms with van der Waals surface area (Å²) in [6.45, 7) is 11.9. The van der Waals surface area contributed by atoms with Crippen molar-refractivity contribution in [1.82, 2.24) is 14.9 Å². The fourth-order valence-electron chi connectivity index (χ4n) is 4.60. The first kappa shape index (κ1) is 20.4. The minimum absolute atomic E-state index is 0.0970. The molecular formula is C24H31N5O2. The third-order valence-corrected chi connectivity index (χ3v) is 6.24. The van der Waals surface area contributed by atoms with Gasteiger partial charge in [-0.15, -0.1) is 0 Å². The van der Waals surface area contributed by atoms with Gasteiger partial charge in [0.1, 0.15) is 5.82 Å². The molecular weight excluding hydrogens is 390 g/mol. The first-order valence-electron chi connectivity index (χ1n) is 11.4. The zero-order chi connectivity index (χ0) is 21.2. The van der Waals surface area contributed by atoms with Crippen LogP contribution in [-0.4, -0.2) is 72.6 Å². The first-order valence-corrected chi connectivity index (χ1v) is 11.4. The lowest BCUT2D eigenvalue weighted by Crippen LogP contribution is -2.48. The number of hydrogen-bond acceptors (Lipinski definition) is 7. The second-order valence-corrected chi connectivity index (χ2v) is 8.93. The first-order chi connectivity index (χ1) is 15.2. The second kappa shape index (κ2) is 8.93. The van der Waals surface area contributed by atoms with Crippen molar-refractivity contribution in [3.63, 3.8) is 0 Å². The van der Waals surface area contributed by atoms with Crippen LogP contribution in [0.4, 0.5) is 5.82 Å². The van der Waals surface area contributed by atoms with E-state index in [9.17, 15) is 0 Å². The standard InChI is InChI=1S/C24H31N5O2/c1-17(2)31-23-12-21-20(13-26-23)14-27-24(21)19-3-5-25-22(11-19)29-8-6-28(7-9-29)15-18-4-10-30-16-18/h3,5,11-13,17-18H,4,6-10,14-16H2,1-2H3. The van der Waals surface area contributed by atoms with Crippen LogP contribution in [0.25, 0.3) is 0 Å². The summed E-state index contributed by atoms with van der Waals surface area (Å²) < 4.78 is 11.3. The number of fused-ring (bicyclic) bond motifs is 1. The summed E-state index contributed by atoms with van der Waals surface area (Å²) in [5.74, 6) is 2.39. The van der Waals surface area contributed by atoms with Crippen LogP contribution in [0.5, 0.6) is 5.88 Å². The summed E-state index contributed by atoms with van der Waals surface area (Å²) in [7, 11) is 0. The third-order valence-electron chi connectivity index (χ3n) is 6.24. The van der Waals surface area contributed by atoms with Gasteiger partial charge < -0.3 is 14.4 Å². The van der Waals surface area contributed by atoms with Crippen LogP contribution in [0.1, 0.15) is 37.0 Å². The van der Waals surface area contributed by atoms with Crippen molar-refractivity contribution in [1.29, 1.82) is 0 Å². The van der Waals surface area contributed by atoms with E-state index in [0.29, 0.717) is 18.3 Å². The molecule has 0 aromatic carbocycles. The van der Waals surface area contributed by atoms with Gasteiger partial charge in [-0.25, -0.2) is 9.97 Å². The van der Waals surface area contributed by atoms with Gasteiger partial charge in [-0.3, -0.25) is 9.89 Å². The van der Waals surface area contributed by atoms with Crippen molar-refractivity contribution < 1.29 is 9.47 Å². The van der Waals surface area contributed by atoms with E-state index >= 15 is 0 Å². The van der Waals surface area contributed by atoms with E-state index in [2.05, 4.69) is 31.9 Å². The Morgan fingerprint density at radius 1 is 1.16 bits per heavy atom. The second-order valence-electron chi connectivity index (χ2n) is 8.93. The fourth-order valence-corrected chi connectivity index (χ4v) is 4.60. The highest BCUT2D eigenvalue weighted by atomic mass is 16.5. The summed E-state index contributed by atoms with van der Waals surface area (Å²) in [5.41, 5.74) is 4.38. The summed E-state index contributed by atoms with van der Waals surface area (Å²) in [4.78, 5) is 18.9. The molecule has 0 N–H and O–H groups in total. The van der Waals surface area contributed by atoms with E-state index in [0.717, 1.165) is 74.2 Å². The summed E-state index contributed by atoms with van der Waals surface area (Å²) in [5, 5.41) is 0. The zero-order valence-corrected chi connectivity index (χ0v) is 18.5. The van der Waals surface area contributed by atoms with Gasteiger partial charge >= 0.3 is 0 Å². The molecule has 1 atom stereocenters. The molecule has 0 amide bonds. The maximum absolute atomic E-state index is 5.80. The van der Waals surface area contributed by atoms with Gasteiger partial charge in [-0.1, -0.05) is 0 Å². The van der Waals surface area contributed by atoms with Crippen molar-refractivity contribution in [2.45, 2.75) is 32.9 Å². The zero-order valence-electron chi connectivity index (χ0n) is 18.5. The highest BCUT2D eigenvalue weighted by Gasteiger charge is 2.24. The van der Waals surface area contributed by atoms with Gasteiger partial charge in [-0.2, -0.15) is 0 Å². The van der Waals surface area contributed by atoms with Gasteiger partial charge in [0.05, 0.1) is 25.0 Å². The lowest BCUT2D eigenvalue weighted by Gasteiger charge is -2.36. The van der Waals surface area contributed by atoms with Gasteiger partial charge in [0.2, 0.25) is 5.88 Å². The van der Waals surface area contributed by atoms with Crippen LogP contribution in [0.3, 0.4) is 0 Å². The molecule has 0 bridgehead atoms. The van der Waals surface area contributed by atoms with E-state index in [-0.39, 0.29) is 6.10 Å². The monoisotopic (exact) mass is 421 g/mol. The van der Waals surface area contributed by atoms with Crippen LogP contribution in [0, 0.1) is 5.92 Å². The largest absolute Gasteiger partial charge is 0.475 e. The molecule has 164 valence electrons. The molecule has 5 rings (SSSR count). The molecule has 0 spiro atoms. The van der Waals surface area contributed by atoms with E-state index < -0.39 is 0 Å². The quantitative estimate of drug-likeness (QED) is 0.715. The molecule has 3 aliphatic heterocycles. The summed E-state index contributed by atoms with van der Waals surface area (Å²) in [6, 6.07) is 6.25. The molecule has 2 aromatic rings. The molecule has 0 saturated carbocycles. The Balaban J connectivity index is 1.28. The van der Waals surface area contributed by atoms with Crippen molar-refractivity contribution in [3.05, 3.63) is 47.3 Å². The Kier molecular flexibility index (Phi) is 5.87. The number of hydrogen-bond donors (Lipinski definition) is 0. The molecule has 1 unspecified atom stereocenters. The number of aliphatic imine (C=N–C) groups is 1.